The van der Waals surface area contributed by atoms with Gasteiger partial charge in [0.05, 0.1) is 18.2 Å². The maximum atomic E-state index is 11.2. The normalized spacial score (nSPS) is 9.87. The van der Waals surface area contributed by atoms with E-state index in [9.17, 15) is 4.79 Å². The molecule has 1 N–H and O–H groups in total. The summed E-state index contributed by atoms with van der Waals surface area (Å²) in [5.74, 6) is -0.412. The van der Waals surface area contributed by atoms with Crippen LogP contribution in [0.5, 0.6) is 0 Å². The van der Waals surface area contributed by atoms with Gasteiger partial charge in [0.15, 0.2) is 5.69 Å². The summed E-state index contributed by atoms with van der Waals surface area (Å²) in [5.41, 5.74) is 1.40. The Morgan fingerprint density at radius 3 is 3.07 bits per heavy atom. The average Bonchev–Trinajstić information content (AvgIpc) is 2.69. The van der Waals surface area contributed by atoms with E-state index >= 15 is 0 Å². The van der Waals surface area contributed by atoms with Gasteiger partial charge >= 0.3 is 5.97 Å². The lowest BCUT2D eigenvalue weighted by molar-refractivity contribution is 0.0601. The molecule has 0 aliphatic heterocycles. The molecule has 1 aromatic heterocycles. The van der Waals surface area contributed by atoms with Crippen LogP contribution in [0, 0.1) is 11.3 Å². The molecule has 74 valence electrons. The first kappa shape index (κ1) is 9.21. The van der Waals surface area contributed by atoms with E-state index in [2.05, 4.69) is 14.9 Å². The molecule has 0 radical (unpaired) electrons. The van der Waals surface area contributed by atoms with Gasteiger partial charge in [0.2, 0.25) is 0 Å². The topological polar surface area (TPSA) is 78.8 Å². The zero-order chi connectivity index (χ0) is 10.8. The summed E-state index contributed by atoms with van der Waals surface area (Å²) < 4.78 is 4.58. The number of hydrogen-bond donors (Lipinski definition) is 1. The number of rotatable bonds is 1. The Labute approximate surface area is 85.3 Å². The largest absolute Gasteiger partial charge is 0.465 e. The SMILES string of the molecule is COC(=O)c1ccc2c(C#N)n[nH]c2c1. The number of ether oxygens (including phenoxy) is 1. The molecule has 0 spiro atoms. The van der Waals surface area contributed by atoms with Gasteiger partial charge in [0.1, 0.15) is 6.07 Å². The van der Waals surface area contributed by atoms with Crippen molar-refractivity contribution in [3.63, 3.8) is 0 Å². The van der Waals surface area contributed by atoms with Crippen LogP contribution in [-0.4, -0.2) is 23.3 Å². The molecular formula is C10H7N3O2. The lowest BCUT2D eigenvalue weighted by atomic mass is 10.1. The van der Waals surface area contributed by atoms with Gasteiger partial charge in [-0.2, -0.15) is 10.4 Å². The second kappa shape index (κ2) is 3.42. The molecule has 0 fully saturated rings. The number of esters is 1. The molecule has 0 aliphatic carbocycles. The third kappa shape index (κ3) is 1.42. The summed E-state index contributed by atoms with van der Waals surface area (Å²) in [6.45, 7) is 0. The molecule has 0 amide bonds. The van der Waals surface area contributed by atoms with E-state index in [1.165, 1.54) is 7.11 Å². The van der Waals surface area contributed by atoms with Crippen LogP contribution in [-0.2, 0) is 4.74 Å². The Morgan fingerprint density at radius 2 is 2.40 bits per heavy atom. The second-order valence-electron chi connectivity index (χ2n) is 2.94. The van der Waals surface area contributed by atoms with E-state index in [-0.39, 0.29) is 0 Å². The number of carbonyl (C=O) groups excluding carboxylic acids is 1. The number of H-pyrrole nitrogens is 1. The van der Waals surface area contributed by atoms with Crippen LogP contribution in [0.2, 0.25) is 0 Å². The highest BCUT2D eigenvalue weighted by atomic mass is 16.5. The minimum absolute atomic E-state index is 0.321. The molecule has 15 heavy (non-hydrogen) atoms. The monoisotopic (exact) mass is 201 g/mol. The summed E-state index contributed by atoms with van der Waals surface area (Å²) in [6.07, 6.45) is 0. The first-order valence-corrected chi connectivity index (χ1v) is 4.23. The summed E-state index contributed by atoms with van der Waals surface area (Å²) in [7, 11) is 1.32. The van der Waals surface area contributed by atoms with Crippen LogP contribution in [0.25, 0.3) is 10.9 Å². The van der Waals surface area contributed by atoms with Gasteiger partial charge in [-0.1, -0.05) is 0 Å². The Morgan fingerprint density at radius 1 is 1.60 bits per heavy atom. The molecule has 0 bridgehead atoms. The molecular weight excluding hydrogens is 194 g/mol. The summed E-state index contributed by atoms with van der Waals surface area (Å²) in [5, 5.41) is 15.9. The zero-order valence-corrected chi connectivity index (χ0v) is 7.94. The van der Waals surface area contributed by atoms with E-state index in [1.807, 2.05) is 6.07 Å². The fraction of sp³-hybridized carbons (Fsp3) is 0.100. The van der Waals surface area contributed by atoms with Crippen molar-refractivity contribution in [2.75, 3.05) is 7.11 Å². The Balaban J connectivity index is 2.59. The highest BCUT2D eigenvalue weighted by molar-refractivity contribution is 5.95. The Hall–Kier alpha value is -2.35. The van der Waals surface area contributed by atoms with E-state index in [4.69, 9.17) is 5.26 Å². The van der Waals surface area contributed by atoms with Gasteiger partial charge in [-0.25, -0.2) is 4.79 Å². The second-order valence-corrected chi connectivity index (χ2v) is 2.94. The number of fused-ring (bicyclic) bond motifs is 1. The Kier molecular flexibility index (Phi) is 2.10. The fourth-order valence-electron chi connectivity index (χ4n) is 1.35. The maximum Gasteiger partial charge on any atom is 0.337 e. The standard InChI is InChI=1S/C10H7N3O2/c1-15-10(14)6-2-3-7-8(4-6)12-13-9(7)5-11/h2-4H,1H3,(H,12,13). The highest BCUT2D eigenvalue weighted by Gasteiger charge is 2.09. The molecule has 0 aliphatic rings. The van der Waals surface area contributed by atoms with Crippen LogP contribution in [0.1, 0.15) is 16.1 Å². The minimum atomic E-state index is -0.412. The van der Waals surface area contributed by atoms with E-state index in [1.54, 1.807) is 18.2 Å². The number of carbonyl (C=O) groups is 1. The van der Waals surface area contributed by atoms with Crippen LogP contribution in [0.3, 0.4) is 0 Å². The first-order valence-electron chi connectivity index (χ1n) is 4.23. The molecule has 1 aromatic carbocycles. The molecule has 0 saturated carbocycles. The highest BCUT2D eigenvalue weighted by Crippen LogP contribution is 2.17. The van der Waals surface area contributed by atoms with E-state index in [0.717, 1.165) is 0 Å². The van der Waals surface area contributed by atoms with Gasteiger partial charge in [0, 0.05) is 5.39 Å². The molecule has 0 saturated heterocycles. The molecule has 2 rings (SSSR count). The number of aromatic amines is 1. The first-order chi connectivity index (χ1) is 7.26. The van der Waals surface area contributed by atoms with E-state index in [0.29, 0.717) is 22.2 Å². The predicted octanol–water partition coefficient (Wildman–Crippen LogP) is 1.22. The van der Waals surface area contributed by atoms with Crippen molar-refractivity contribution in [2.24, 2.45) is 0 Å². The maximum absolute atomic E-state index is 11.2. The number of hydrogen-bond acceptors (Lipinski definition) is 4. The zero-order valence-electron chi connectivity index (χ0n) is 7.94. The number of nitrogens with one attached hydrogen (secondary N) is 1. The van der Waals surface area contributed by atoms with Gasteiger partial charge in [-0.15, -0.1) is 0 Å². The summed E-state index contributed by atoms with van der Waals surface area (Å²) in [4.78, 5) is 11.2. The fourth-order valence-corrected chi connectivity index (χ4v) is 1.35. The average molecular weight is 201 g/mol. The van der Waals surface area contributed by atoms with Crippen molar-refractivity contribution in [3.8, 4) is 6.07 Å². The molecule has 2 aromatic rings. The molecule has 5 nitrogen and oxygen atoms in total. The van der Waals surface area contributed by atoms with Gasteiger partial charge in [-0.3, -0.25) is 5.10 Å². The molecule has 0 unspecified atom stereocenters. The number of nitriles is 1. The summed E-state index contributed by atoms with van der Waals surface area (Å²) in [6, 6.07) is 6.83. The Bertz CT molecular complexity index is 566. The van der Waals surface area contributed by atoms with Crippen LogP contribution in [0.15, 0.2) is 18.2 Å². The van der Waals surface area contributed by atoms with Gasteiger partial charge in [-0.05, 0) is 18.2 Å². The predicted molar refractivity (Wildman–Crippen MR) is 52.1 cm³/mol. The third-order valence-electron chi connectivity index (χ3n) is 2.09. The molecule has 0 atom stereocenters. The number of nitrogens with zero attached hydrogens (tertiary/aromatic N) is 2. The van der Waals surface area contributed by atoms with Crippen molar-refractivity contribution < 1.29 is 9.53 Å². The lowest BCUT2D eigenvalue weighted by Crippen LogP contribution is -2.00. The van der Waals surface area contributed by atoms with Crippen molar-refractivity contribution in [2.45, 2.75) is 0 Å². The van der Waals surface area contributed by atoms with E-state index < -0.39 is 5.97 Å². The van der Waals surface area contributed by atoms with Crippen LogP contribution < -0.4 is 0 Å². The molecule has 1 heterocycles. The van der Waals surface area contributed by atoms with Gasteiger partial charge in [0.25, 0.3) is 0 Å². The third-order valence-corrected chi connectivity index (χ3v) is 2.09. The van der Waals surface area contributed by atoms with Crippen LogP contribution in [0.4, 0.5) is 0 Å². The number of aromatic nitrogens is 2. The quantitative estimate of drug-likeness (QED) is 0.703. The van der Waals surface area contributed by atoms with Crippen molar-refractivity contribution in [3.05, 3.63) is 29.5 Å². The van der Waals surface area contributed by atoms with Crippen molar-refractivity contribution >= 4 is 16.9 Å². The van der Waals surface area contributed by atoms with Crippen molar-refractivity contribution in [1.29, 1.82) is 5.26 Å². The number of methoxy groups -OCH3 is 1. The number of benzene rings is 1. The lowest BCUT2D eigenvalue weighted by Gasteiger charge is -1.97. The van der Waals surface area contributed by atoms with Gasteiger partial charge < -0.3 is 4.74 Å². The van der Waals surface area contributed by atoms with Crippen LogP contribution >= 0.6 is 0 Å². The minimum Gasteiger partial charge on any atom is -0.465 e. The molecule has 5 heteroatoms. The van der Waals surface area contributed by atoms with Crippen molar-refractivity contribution in [1.82, 2.24) is 10.2 Å². The smallest absolute Gasteiger partial charge is 0.337 e. The summed E-state index contributed by atoms with van der Waals surface area (Å²) >= 11 is 0.